The Morgan fingerprint density at radius 2 is 1.60 bits per heavy atom. The summed E-state index contributed by atoms with van der Waals surface area (Å²) in [5, 5.41) is 1.22. The van der Waals surface area contributed by atoms with Crippen LogP contribution in [0.4, 0.5) is 5.69 Å². The highest BCUT2D eigenvalue weighted by atomic mass is 32.1. The molecule has 4 rings (SSSR count). The van der Waals surface area contributed by atoms with E-state index in [2.05, 4.69) is 59.3 Å². The molecule has 1 N–H and O–H groups in total. The van der Waals surface area contributed by atoms with Gasteiger partial charge in [0.2, 0.25) is 0 Å². The van der Waals surface area contributed by atoms with Crippen molar-refractivity contribution in [2.24, 2.45) is 0 Å². The Morgan fingerprint density at radius 3 is 2.28 bits per heavy atom. The van der Waals surface area contributed by atoms with Gasteiger partial charge in [-0.15, -0.1) is 0 Å². The van der Waals surface area contributed by atoms with E-state index in [0.29, 0.717) is 0 Å². The van der Waals surface area contributed by atoms with E-state index in [-0.39, 0.29) is 0 Å². The first-order valence-corrected chi connectivity index (χ1v) is 8.62. The number of hydrogen-bond acceptors (Lipinski definition) is 2. The van der Waals surface area contributed by atoms with Gasteiger partial charge in [-0.05, 0) is 55.0 Å². The smallest absolute Gasteiger partial charge is 0.190 e. The molecule has 2 aromatic heterocycles. The number of imidazole rings is 1. The number of hydrogen-bond donors (Lipinski definition) is 1. The molecule has 0 aliphatic heterocycles. The second-order valence-corrected chi connectivity index (χ2v) is 6.74. The van der Waals surface area contributed by atoms with Gasteiger partial charge in [-0.25, -0.2) is 0 Å². The summed E-state index contributed by atoms with van der Waals surface area (Å²) in [4.78, 5) is 5.57. The third-order valence-electron chi connectivity index (χ3n) is 4.60. The zero-order valence-electron chi connectivity index (χ0n) is 14.5. The zero-order valence-corrected chi connectivity index (χ0v) is 15.3. The molecule has 126 valence electrons. The van der Waals surface area contributed by atoms with E-state index in [1.54, 1.807) is 0 Å². The van der Waals surface area contributed by atoms with Gasteiger partial charge >= 0.3 is 0 Å². The van der Waals surface area contributed by atoms with Crippen molar-refractivity contribution in [3.8, 4) is 11.5 Å². The zero-order chi connectivity index (χ0) is 17.6. The van der Waals surface area contributed by atoms with E-state index < -0.39 is 0 Å². The van der Waals surface area contributed by atoms with E-state index in [0.717, 1.165) is 21.8 Å². The molecule has 0 radical (unpaired) electrons. The maximum Gasteiger partial charge on any atom is 0.190 e. The number of anilines is 1. The van der Waals surface area contributed by atoms with Crippen LogP contribution in [0.5, 0.6) is 0 Å². The fraction of sp³-hybridized carbons (Fsp3) is 0.150. The Labute approximate surface area is 151 Å². The maximum atomic E-state index is 5.73. The van der Waals surface area contributed by atoms with Crippen LogP contribution in [0.3, 0.4) is 0 Å². The topological polar surface area (TPSA) is 28.9 Å². The number of aromatic nitrogens is 3. The van der Waals surface area contributed by atoms with E-state index in [1.165, 1.54) is 16.6 Å². The van der Waals surface area contributed by atoms with Gasteiger partial charge in [0.25, 0.3) is 0 Å². The Hall–Kier alpha value is -2.79. The van der Waals surface area contributed by atoms with Gasteiger partial charge < -0.3 is 9.88 Å². The third-order valence-corrected chi connectivity index (χ3v) is 4.99. The Kier molecular flexibility index (Phi) is 3.73. The number of H-pyrrole nitrogens is 1. The van der Waals surface area contributed by atoms with E-state index in [4.69, 9.17) is 12.2 Å². The molecule has 0 saturated heterocycles. The number of nitrogens with one attached hydrogen (secondary N) is 1. The summed E-state index contributed by atoms with van der Waals surface area (Å²) in [5.41, 5.74) is 4.55. The summed E-state index contributed by atoms with van der Waals surface area (Å²) in [6.07, 6.45) is 4.03. The average Bonchev–Trinajstić information content (AvgIpc) is 3.15. The Bertz CT molecular complexity index is 1100. The summed E-state index contributed by atoms with van der Waals surface area (Å²) in [5.74, 6) is 1.02. The van der Waals surface area contributed by atoms with Gasteiger partial charge in [0.05, 0.1) is 0 Å². The molecule has 0 atom stereocenters. The molecule has 25 heavy (non-hydrogen) atoms. The first-order valence-electron chi connectivity index (χ1n) is 8.22. The molecule has 2 heterocycles. The highest BCUT2D eigenvalue weighted by Crippen LogP contribution is 2.25. The summed E-state index contributed by atoms with van der Waals surface area (Å²) in [6.45, 7) is 2.12. The first-order chi connectivity index (χ1) is 12.1. The van der Waals surface area contributed by atoms with Gasteiger partial charge in [-0.3, -0.25) is 9.13 Å². The van der Waals surface area contributed by atoms with E-state index in [1.807, 2.05) is 41.7 Å². The first kappa shape index (κ1) is 15.7. The fourth-order valence-corrected chi connectivity index (χ4v) is 3.48. The molecule has 0 saturated carbocycles. The molecule has 5 heteroatoms. The average molecular weight is 348 g/mol. The van der Waals surface area contributed by atoms with Crippen molar-refractivity contribution in [3.05, 3.63) is 71.3 Å². The summed E-state index contributed by atoms with van der Waals surface area (Å²) < 4.78 is 4.80. The molecular weight excluding hydrogens is 328 g/mol. The quantitative estimate of drug-likeness (QED) is 0.536. The van der Waals surface area contributed by atoms with Crippen molar-refractivity contribution in [3.63, 3.8) is 0 Å². The van der Waals surface area contributed by atoms with Crippen molar-refractivity contribution >= 4 is 28.8 Å². The highest BCUT2D eigenvalue weighted by Gasteiger charge is 2.11. The molecule has 0 bridgehead atoms. The summed E-state index contributed by atoms with van der Waals surface area (Å²) in [7, 11) is 4.08. The van der Waals surface area contributed by atoms with Crippen molar-refractivity contribution in [2.45, 2.75) is 6.92 Å². The Morgan fingerprint density at radius 1 is 0.920 bits per heavy atom. The minimum atomic E-state index is 0.743. The summed E-state index contributed by atoms with van der Waals surface area (Å²) >= 11 is 5.73. The molecule has 0 aliphatic rings. The van der Waals surface area contributed by atoms with Crippen LogP contribution in [0.2, 0.25) is 0 Å². The molecule has 0 spiro atoms. The van der Waals surface area contributed by atoms with Crippen LogP contribution < -0.4 is 4.90 Å². The minimum Gasteiger partial charge on any atom is -0.378 e. The molecule has 2 aromatic carbocycles. The van der Waals surface area contributed by atoms with Crippen molar-refractivity contribution < 1.29 is 0 Å². The lowest BCUT2D eigenvalue weighted by Crippen LogP contribution is -2.08. The van der Waals surface area contributed by atoms with Gasteiger partial charge in [0, 0.05) is 48.8 Å². The van der Waals surface area contributed by atoms with Crippen LogP contribution in [-0.2, 0) is 0 Å². The summed E-state index contributed by atoms with van der Waals surface area (Å²) in [6, 6.07) is 16.7. The number of fused-ring (bicyclic) bond motifs is 1. The second-order valence-electron chi connectivity index (χ2n) is 6.38. The number of benzene rings is 2. The monoisotopic (exact) mass is 348 g/mol. The van der Waals surface area contributed by atoms with E-state index >= 15 is 0 Å². The van der Waals surface area contributed by atoms with Gasteiger partial charge in [0.15, 0.2) is 4.77 Å². The number of para-hydroxylation sites is 1. The number of nitrogens with zero attached hydrogens (tertiary/aromatic N) is 3. The van der Waals surface area contributed by atoms with Crippen LogP contribution in [0.25, 0.3) is 22.4 Å². The molecule has 0 fully saturated rings. The predicted molar refractivity (Wildman–Crippen MR) is 107 cm³/mol. The lowest BCUT2D eigenvalue weighted by Gasteiger charge is -2.13. The largest absolute Gasteiger partial charge is 0.378 e. The maximum absolute atomic E-state index is 5.73. The fourth-order valence-electron chi connectivity index (χ4n) is 3.16. The lowest BCUT2D eigenvalue weighted by molar-refractivity contribution is 0.931. The molecule has 4 nitrogen and oxygen atoms in total. The second kappa shape index (κ2) is 5.93. The SMILES string of the molecule is Cc1c(-n2ccn(-c3ccc(N(C)C)cc3)c2=S)[nH]c2ccccc12. The van der Waals surface area contributed by atoms with Crippen molar-refractivity contribution in [2.75, 3.05) is 19.0 Å². The standard InChI is InChI=1S/C20H20N4S/c1-14-17-6-4-5-7-18(17)21-19(14)24-13-12-23(20(24)25)16-10-8-15(9-11-16)22(2)3/h4-13,21H,1-3H3. The number of rotatable bonds is 3. The van der Waals surface area contributed by atoms with Crippen LogP contribution in [0, 0.1) is 11.7 Å². The number of aryl methyl sites for hydroxylation is 1. The predicted octanol–water partition coefficient (Wildman–Crippen LogP) is 4.85. The van der Waals surface area contributed by atoms with Gasteiger partial charge in [-0.1, -0.05) is 18.2 Å². The van der Waals surface area contributed by atoms with Crippen LogP contribution >= 0.6 is 12.2 Å². The number of aromatic amines is 1. The molecule has 0 amide bonds. The molecule has 0 aliphatic carbocycles. The van der Waals surface area contributed by atoms with Crippen LogP contribution in [0.1, 0.15) is 5.56 Å². The van der Waals surface area contributed by atoms with E-state index in [9.17, 15) is 0 Å². The minimum absolute atomic E-state index is 0.743. The van der Waals surface area contributed by atoms with Crippen LogP contribution in [-0.4, -0.2) is 28.2 Å². The van der Waals surface area contributed by atoms with Crippen LogP contribution in [0.15, 0.2) is 60.9 Å². The molecule has 0 unspecified atom stereocenters. The normalized spacial score (nSPS) is 11.2. The molecule has 4 aromatic rings. The highest BCUT2D eigenvalue weighted by molar-refractivity contribution is 7.71. The molecular formula is C20H20N4S. The van der Waals surface area contributed by atoms with Gasteiger partial charge in [0.1, 0.15) is 5.82 Å². The third kappa shape index (κ3) is 2.57. The van der Waals surface area contributed by atoms with Gasteiger partial charge in [-0.2, -0.15) is 0 Å². The Balaban J connectivity index is 1.81. The van der Waals surface area contributed by atoms with Crippen molar-refractivity contribution in [1.82, 2.24) is 14.1 Å². The lowest BCUT2D eigenvalue weighted by atomic mass is 10.2. The van der Waals surface area contributed by atoms with Crippen molar-refractivity contribution in [1.29, 1.82) is 0 Å².